The molecule has 1 amide bonds. The summed E-state index contributed by atoms with van der Waals surface area (Å²) >= 11 is 0. The standard InChI is InChI=1S/C21H24N2O3S/c1-2-17-5-7-18(8-6-17)9-14-21(24)22-19-10-12-20(13-11-19)27(25,26)23-15-3-4-16-23/h5-14H,2-4,15-16H2,1H3,(H,22,24)/b14-9+. The molecule has 1 aliphatic rings. The molecule has 1 heterocycles. The summed E-state index contributed by atoms with van der Waals surface area (Å²) in [5, 5.41) is 2.75. The van der Waals surface area contributed by atoms with Crippen molar-refractivity contribution in [2.45, 2.75) is 31.1 Å². The van der Waals surface area contributed by atoms with Gasteiger partial charge in [0.15, 0.2) is 0 Å². The van der Waals surface area contributed by atoms with Crippen molar-refractivity contribution < 1.29 is 13.2 Å². The highest BCUT2D eigenvalue weighted by Crippen LogP contribution is 2.22. The number of carbonyl (C=O) groups excluding carboxylic acids is 1. The van der Waals surface area contributed by atoms with E-state index in [9.17, 15) is 13.2 Å². The predicted molar refractivity (Wildman–Crippen MR) is 108 cm³/mol. The van der Waals surface area contributed by atoms with Crippen molar-refractivity contribution in [3.63, 3.8) is 0 Å². The fraction of sp³-hybridized carbons (Fsp3) is 0.286. The maximum atomic E-state index is 12.5. The van der Waals surface area contributed by atoms with Gasteiger partial charge in [-0.15, -0.1) is 0 Å². The van der Waals surface area contributed by atoms with Crippen LogP contribution in [0, 0.1) is 0 Å². The van der Waals surface area contributed by atoms with Crippen molar-refractivity contribution in [2.24, 2.45) is 0 Å². The van der Waals surface area contributed by atoms with Crippen LogP contribution >= 0.6 is 0 Å². The largest absolute Gasteiger partial charge is 0.323 e. The molecule has 0 radical (unpaired) electrons. The predicted octanol–water partition coefficient (Wildman–Crippen LogP) is 3.69. The van der Waals surface area contributed by atoms with E-state index in [2.05, 4.69) is 12.2 Å². The zero-order valence-electron chi connectivity index (χ0n) is 15.4. The van der Waals surface area contributed by atoms with Gasteiger partial charge >= 0.3 is 0 Å². The van der Waals surface area contributed by atoms with Crippen LogP contribution in [-0.2, 0) is 21.2 Å². The number of carbonyl (C=O) groups is 1. The van der Waals surface area contributed by atoms with E-state index in [0.29, 0.717) is 18.8 Å². The van der Waals surface area contributed by atoms with Crippen LogP contribution in [0.2, 0.25) is 0 Å². The topological polar surface area (TPSA) is 66.5 Å². The molecule has 0 aromatic heterocycles. The Bertz CT molecular complexity index is 911. The maximum Gasteiger partial charge on any atom is 0.248 e. The van der Waals surface area contributed by atoms with E-state index in [0.717, 1.165) is 24.8 Å². The van der Waals surface area contributed by atoms with E-state index < -0.39 is 10.0 Å². The normalized spacial score (nSPS) is 15.3. The smallest absolute Gasteiger partial charge is 0.248 e. The van der Waals surface area contributed by atoms with Crippen molar-refractivity contribution in [1.82, 2.24) is 4.31 Å². The number of rotatable bonds is 6. The summed E-state index contributed by atoms with van der Waals surface area (Å²) in [6.45, 7) is 3.25. The number of hydrogen-bond donors (Lipinski definition) is 1. The van der Waals surface area contributed by atoms with Crippen LogP contribution in [0.4, 0.5) is 5.69 Å². The Morgan fingerprint density at radius 3 is 2.26 bits per heavy atom. The fourth-order valence-electron chi connectivity index (χ4n) is 3.01. The van der Waals surface area contributed by atoms with E-state index in [1.54, 1.807) is 18.2 Å². The van der Waals surface area contributed by atoms with Crippen LogP contribution in [0.1, 0.15) is 30.9 Å². The molecule has 27 heavy (non-hydrogen) atoms. The lowest BCUT2D eigenvalue weighted by Crippen LogP contribution is -2.27. The number of amides is 1. The van der Waals surface area contributed by atoms with Crippen LogP contribution in [0.5, 0.6) is 0 Å². The zero-order chi connectivity index (χ0) is 19.3. The van der Waals surface area contributed by atoms with Gasteiger partial charge in [0, 0.05) is 24.9 Å². The summed E-state index contributed by atoms with van der Waals surface area (Å²) in [6.07, 6.45) is 6.01. The Morgan fingerprint density at radius 1 is 1.04 bits per heavy atom. The Hall–Kier alpha value is -2.44. The molecule has 3 rings (SSSR count). The quantitative estimate of drug-likeness (QED) is 0.773. The van der Waals surface area contributed by atoms with Crippen LogP contribution in [0.3, 0.4) is 0 Å². The van der Waals surface area contributed by atoms with Gasteiger partial charge in [-0.05, 0) is 60.7 Å². The third-order valence-electron chi connectivity index (χ3n) is 4.64. The van der Waals surface area contributed by atoms with Crippen molar-refractivity contribution in [3.05, 3.63) is 65.7 Å². The van der Waals surface area contributed by atoms with Crippen LogP contribution in [-0.4, -0.2) is 31.7 Å². The number of hydrogen-bond acceptors (Lipinski definition) is 3. The number of nitrogens with one attached hydrogen (secondary N) is 1. The summed E-state index contributed by atoms with van der Waals surface area (Å²) in [4.78, 5) is 12.3. The molecule has 5 nitrogen and oxygen atoms in total. The number of sulfonamides is 1. The van der Waals surface area contributed by atoms with Gasteiger partial charge in [-0.25, -0.2) is 8.42 Å². The van der Waals surface area contributed by atoms with E-state index in [-0.39, 0.29) is 10.8 Å². The third-order valence-corrected chi connectivity index (χ3v) is 6.55. The molecule has 1 fully saturated rings. The number of benzene rings is 2. The molecule has 2 aromatic rings. The molecule has 0 aliphatic carbocycles. The fourth-order valence-corrected chi connectivity index (χ4v) is 4.53. The van der Waals surface area contributed by atoms with E-state index in [1.165, 1.54) is 28.1 Å². The first-order valence-electron chi connectivity index (χ1n) is 9.17. The van der Waals surface area contributed by atoms with Crippen molar-refractivity contribution in [1.29, 1.82) is 0 Å². The lowest BCUT2D eigenvalue weighted by molar-refractivity contribution is -0.111. The van der Waals surface area contributed by atoms with Crippen LogP contribution < -0.4 is 5.32 Å². The number of aryl methyl sites for hydroxylation is 1. The molecule has 6 heteroatoms. The molecule has 142 valence electrons. The summed E-state index contributed by atoms with van der Waals surface area (Å²) in [6, 6.07) is 14.3. The SMILES string of the molecule is CCc1ccc(/C=C/C(=O)Nc2ccc(S(=O)(=O)N3CCCC3)cc2)cc1. The second kappa shape index (κ2) is 8.50. The van der Waals surface area contributed by atoms with Gasteiger partial charge in [0.25, 0.3) is 0 Å². The van der Waals surface area contributed by atoms with Gasteiger partial charge in [-0.1, -0.05) is 31.2 Å². The molecule has 0 unspecified atom stereocenters. The molecule has 0 bridgehead atoms. The third kappa shape index (κ3) is 4.84. The molecule has 1 N–H and O–H groups in total. The van der Waals surface area contributed by atoms with E-state index in [4.69, 9.17) is 0 Å². The minimum Gasteiger partial charge on any atom is -0.323 e. The first-order valence-corrected chi connectivity index (χ1v) is 10.6. The van der Waals surface area contributed by atoms with Gasteiger partial charge in [-0.2, -0.15) is 4.31 Å². The summed E-state index contributed by atoms with van der Waals surface area (Å²) in [7, 11) is -3.43. The molecule has 2 aromatic carbocycles. The highest BCUT2D eigenvalue weighted by atomic mass is 32.2. The van der Waals surface area contributed by atoms with E-state index in [1.807, 2.05) is 24.3 Å². The molecule has 1 aliphatic heterocycles. The highest BCUT2D eigenvalue weighted by Gasteiger charge is 2.26. The first kappa shape index (κ1) is 19.3. The second-order valence-corrected chi connectivity index (χ2v) is 8.49. The van der Waals surface area contributed by atoms with Crippen molar-refractivity contribution in [3.8, 4) is 0 Å². The molecular formula is C21H24N2O3S. The number of nitrogens with zero attached hydrogens (tertiary/aromatic N) is 1. The molecule has 0 spiro atoms. The van der Waals surface area contributed by atoms with Crippen molar-refractivity contribution >= 4 is 27.7 Å². The summed E-state index contributed by atoms with van der Waals surface area (Å²) in [5.41, 5.74) is 2.77. The maximum absolute atomic E-state index is 12.5. The highest BCUT2D eigenvalue weighted by molar-refractivity contribution is 7.89. The van der Waals surface area contributed by atoms with Gasteiger partial charge in [0.1, 0.15) is 0 Å². The summed E-state index contributed by atoms with van der Waals surface area (Å²) < 4.78 is 26.5. The lowest BCUT2D eigenvalue weighted by atomic mass is 10.1. The van der Waals surface area contributed by atoms with Crippen LogP contribution in [0.25, 0.3) is 6.08 Å². The van der Waals surface area contributed by atoms with Gasteiger partial charge in [-0.3, -0.25) is 4.79 Å². The molecule has 0 saturated carbocycles. The van der Waals surface area contributed by atoms with E-state index >= 15 is 0 Å². The average molecular weight is 385 g/mol. The van der Waals surface area contributed by atoms with Crippen LogP contribution in [0.15, 0.2) is 59.5 Å². The van der Waals surface area contributed by atoms with Gasteiger partial charge in [0.2, 0.25) is 15.9 Å². The average Bonchev–Trinajstić information content (AvgIpc) is 3.23. The first-order chi connectivity index (χ1) is 13.0. The lowest BCUT2D eigenvalue weighted by Gasteiger charge is -2.15. The van der Waals surface area contributed by atoms with Gasteiger partial charge in [0.05, 0.1) is 4.90 Å². The Morgan fingerprint density at radius 2 is 1.67 bits per heavy atom. The molecule has 0 atom stereocenters. The monoisotopic (exact) mass is 384 g/mol. The Balaban J connectivity index is 1.61. The molecular weight excluding hydrogens is 360 g/mol. The number of anilines is 1. The molecule has 1 saturated heterocycles. The van der Waals surface area contributed by atoms with Crippen molar-refractivity contribution in [2.75, 3.05) is 18.4 Å². The van der Waals surface area contributed by atoms with Gasteiger partial charge < -0.3 is 5.32 Å². The Labute approximate surface area is 160 Å². The second-order valence-electron chi connectivity index (χ2n) is 6.55. The Kier molecular flexibility index (Phi) is 6.08. The summed E-state index contributed by atoms with van der Waals surface area (Å²) in [5.74, 6) is -0.260. The zero-order valence-corrected chi connectivity index (χ0v) is 16.2. The minimum atomic E-state index is -3.43. The minimum absolute atomic E-state index is 0.258.